The van der Waals surface area contributed by atoms with E-state index in [4.69, 9.17) is 38.4 Å². The standard InChI is InChI=1S/C19H18Cl2N6O4/c1-8-17(22)26-27(19(29)23-8)10-5-13(20)16(14(21)6-10)31-15-7-12(18(28)25-24-15)9-3-11(4-9)30-2/h5-7,9,11H,1,3-4H2,2H3,(H2,22,26)(H,23,29)(H,25,28)/t9-,11-. The topological polar surface area (TPSA) is 135 Å². The molecule has 0 radical (unpaired) electrons. The Kier molecular flexibility index (Phi) is 5.61. The van der Waals surface area contributed by atoms with Gasteiger partial charge in [-0.15, -0.1) is 10.2 Å². The van der Waals surface area contributed by atoms with Crippen LogP contribution >= 0.6 is 23.2 Å². The van der Waals surface area contributed by atoms with Crippen LogP contribution in [0.4, 0.5) is 10.5 Å². The Morgan fingerprint density at radius 3 is 2.55 bits per heavy atom. The van der Waals surface area contributed by atoms with Gasteiger partial charge < -0.3 is 20.5 Å². The van der Waals surface area contributed by atoms with E-state index in [1.807, 2.05) is 0 Å². The van der Waals surface area contributed by atoms with Crippen molar-refractivity contribution in [3.8, 4) is 11.6 Å². The molecule has 2 aliphatic rings. The second-order valence-electron chi connectivity index (χ2n) is 7.06. The zero-order valence-corrected chi connectivity index (χ0v) is 17.8. The van der Waals surface area contributed by atoms with Gasteiger partial charge in [0.25, 0.3) is 5.56 Å². The van der Waals surface area contributed by atoms with Crippen molar-refractivity contribution < 1.29 is 14.3 Å². The van der Waals surface area contributed by atoms with Crippen molar-refractivity contribution in [2.75, 3.05) is 12.1 Å². The maximum Gasteiger partial charge on any atom is 0.347 e. The van der Waals surface area contributed by atoms with E-state index in [0.717, 1.165) is 17.9 Å². The van der Waals surface area contributed by atoms with Crippen LogP contribution in [0.5, 0.6) is 11.6 Å². The lowest BCUT2D eigenvalue weighted by atomic mass is 9.78. The Balaban J connectivity index is 1.60. The highest BCUT2D eigenvalue weighted by atomic mass is 35.5. The summed E-state index contributed by atoms with van der Waals surface area (Å²) in [5.74, 6) is 0.341. The van der Waals surface area contributed by atoms with Gasteiger partial charge in [0.15, 0.2) is 11.6 Å². The summed E-state index contributed by atoms with van der Waals surface area (Å²) in [6, 6.07) is 3.87. The maximum atomic E-state index is 12.2. The number of nitrogens with zero attached hydrogens (tertiary/aromatic N) is 3. The summed E-state index contributed by atoms with van der Waals surface area (Å²) < 4.78 is 11.0. The third-order valence-corrected chi connectivity index (χ3v) is 5.64. The number of amides is 2. The highest BCUT2D eigenvalue weighted by Gasteiger charge is 2.32. The van der Waals surface area contributed by atoms with Gasteiger partial charge in [0.05, 0.1) is 27.5 Å². The number of hydrogen-bond acceptors (Lipinski definition) is 7. The van der Waals surface area contributed by atoms with E-state index in [0.29, 0.717) is 5.56 Å². The highest BCUT2D eigenvalue weighted by Crippen LogP contribution is 2.41. The lowest BCUT2D eigenvalue weighted by molar-refractivity contribution is 0.0253. The zero-order chi connectivity index (χ0) is 22.3. The average molecular weight is 465 g/mol. The first-order valence-electron chi connectivity index (χ1n) is 9.20. The van der Waals surface area contributed by atoms with Gasteiger partial charge >= 0.3 is 6.03 Å². The van der Waals surface area contributed by atoms with Gasteiger partial charge in [-0.25, -0.2) is 9.89 Å². The fraction of sp³-hybridized carbons (Fsp3) is 0.263. The fourth-order valence-electron chi connectivity index (χ4n) is 3.27. The molecule has 10 nitrogen and oxygen atoms in total. The number of hydrazone groups is 1. The van der Waals surface area contributed by atoms with Crippen LogP contribution in [0, 0.1) is 0 Å². The number of ether oxygens (including phenoxy) is 2. The summed E-state index contributed by atoms with van der Waals surface area (Å²) in [5.41, 5.74) is 6.45. The Hall–Kier alpha value is -3.08. The van der Waals surface area contributed by atoms with Crippen LogP contribution in [0.3, 0.4) is 0 Å². The molecule has 0 saturated heterocycles. The third kappa shape index (κ3) is 4.09. The Labute approximate surface area is 186 Å². The number of carbonyl (C=O) groups excluding carboxylic acids is 1. The van der Waals surface area contributed by atoms with E-state index in [1.165, 1.54) is 12.1 Å². The molecule has 12 heteroatoms. The molecular formula is C19H18Cl2N6O4. The van der Waals surface area contributed by atoms with Crippen molar-refractivity contribution in [1.82, 2.24) is 15.5 Å². The third-order valence-electron chi connectivity index (χ3n) is 5.08. The van der Waals surface area contributed by atoms with Crippen molar-refractivity contribution in [3.05, 3.63) is 56.4 Å². The fourth-order valence-corrected chi connectivity index (χ4v) is 3.83. The monoisotopic (exact) mass is 464 g/mol. The van der Waals surface area contributed by atoms with Crippen molar-refractivity contribution in [2.45, 2.75) is 24.9 Å². The number of carbonyl (C=O) groups is 1. The van der Waals surface area contributed by atoms with Gasteiger partial charge in [0.1, 0.15) is 0 Å². The van der Waals surface area contributed by atoms with Crippen molar-refractivity contribution in [3.63, 3.8) is 0 Å². The van der Waals surface area contributed by atoms with Gasteiger partial charge in [-0.3, -0.25) is 4.79 Å². The Morgan fingerprint density at radius 2 is 1.90 bits per heavy atom. The number of anilines is 1. The van der Waals surface area contributed by atoms with E-state index >= 15 is 0 Å². The van der Waals surface area contributed by atoms with Crippen LogP contribution in [-0.4, -0.2) is 35.3 Å². The van der Waals surface area contributed by atoms with E-state index in [9.17, 15) is 9.59 Å². The molecule has 1 aromatic heterocycles. The minimum atomic E-state index is -0.568. The van der Waals surface area contributed by atoms with Crippen molar-refractivity contribution >= 4 is 40.8 Å². The normalized spacial score (nSPS) is 20.7. The molecule has 1 aromatic carbocycles. The van der Waals surface area contributed by atoms with E-state index < -0.39 is 6.03 Å². The lowest BCUT2D eigenvalue weighted by Crippen LogP contribution is -2.45. The minimum absolute atomic E-state index is 0.0452. The molecule has 1 aliphatic heterocycles. The average Bonchev–Trinajstić information content (AvgIpc) is 2.68. The predicted octanol–water partition coefficient (Wildman–Crippen LogP) is 3.08. The van der Waals surface area contributed by atoms with Crippen LogP contribution in [-0.2, 0) is 4.74 Å². The summed E-state index contributed by atoms with van der Waals surface area (Å²) in [6.07, 6.45) is 1.62. The first-order chi connectivity index (χ1) is 14.8. The Morgan fingerprint density at radius 1 is 1.23 bits per heavy atom. The quantitative estimate of drug-likeness (QED) is 0.621. The number of aromatic amines is 1. The van der Waals surface area contributed by atoms with Crippen LogP contribution in [0.2, 0.25) is 10.0 Å². The largest absolute Gasteiger partial charge is 0.434 e. The van der Waals surface area contributed by atoms with E-state index in [-0.39, 0.29) is 56.5 Å². The van der Waals surface area contributed by atoms with Crippen LogP contribution in [0.1, 0.15) is 24.3 Å². The molecule has 0 atom stereocenters. The molecule has 162 valence electrons. The molecule has 0 spiro atoms. The number of methoxy groups -OCH3 is 1. The number of hydrogen-bond donors (Lipinski definition) is 3. The van der Waals surface area contributed by atoms with Gasteiger partial charge in [-0.05, 0) is 30.9 Å². The molecule has 2 amide bonds. The van der Waals surface area contributed by atoms with Gasteiger partial charge in [-0.1, -0.05) is 29.8 Å². The highest BCUT2D eigenvalue weighted by molar-refractivity contribution is 6.37. The van der Waals surface area contributed by atoms with Crippen LogP contribution in [0.15, 0.2) is 40.4 Å². The first kappa shape index (κ1) is 21.2. The number of nitrogens with one attached hydrogen (secondary N) is 2. The van der Waals surface area contributed by atoms with Crippen molar-refractivity contribution in [1.29, 1.82) is 0 Å². The molecule has 1 aliphatic carbocycles. The molecular weight excluding hydrogens is 447 g/mol. The smallest absolute Gasteiger partial charge is 0.347 e. The van der Waals surface area contributed by atoms with Crippen LogP contribution in [0.25, 0.3) is 0 Å². The number of rotatable bonds is 5. The van der Waals surface area contributed by atoms with Crippen molar-refractivity contribution in [2.24, 2.45) is 10.8 Å². The van der Waals surface area contributed by atoms with Gasteiger partial charge in [-0.2, -0.15) is 5.01 Å². The molecule has 2 aromatic rings. The summed E-state index contributed by atoms with van der Waals surface area (Å²) in [7, 11) is 1.64. The van der Waals surface area contributed by atoms with E-state index in [2.05, 4.69) is 27.2 Å². The molecule has 0 unspecified atom stereocenters. The summed E-state index contributed by atoms with van der Waals surface area (Å²) in [5, 5.41) is 14.0. The summed E-state index contributed by atoms with van der Waals surface area (Å²) >= 11 is 12.7. The lowest BCUT2D eigenvalue weighted by Gasteiger charge is -2.33. The molecule has 4 N–H and O–H groups in total. The second-order valence-corrected chi connectivity index (χ2v) is 7.88. The first-order valence-corrected chi connectivity index (χ1v) is 9.96. The Bertz CT molecular complexity index is 1140. The number of nitrogens with two attached hydrogens (primary N) is 1. The van der Waals surface area contributed by atoms with Crippen LogP contribution < -0.4 is 26.4 Å². The molecule has 1 fully saturated rings. The molecule has 31 heavy (non-hydrogen) atoms. The number of halogens is 2. The number of benzene rings is 1. The molecule has 2 heterocycles. The SMILES string of the molecule is C=C1NC(=O)N(c2cc(Cl)c(Oc3cc([C@H]4C[C@H](OC)C4)c(=O)[nH]n3)c(Cl)c2)N=C1N. The maximum absolute atomic E-state index is 12.2. The number of aromatic nitrogens is 2. The predicted molar refractivity (Wildman–Crippen MR) is 116 cm³/mol. The number of amidine groups is 1. The zero-order valence-electron chi connectivity index (χ0n) is 16.3. The molecule has 1 saturated carbocycles. The molecule has 4 rings (SSSR count). The minimum Gasteiger partial charge on any atom is -0.434 e. The summed E-state index contributed by atoms with van der Waals surface area (Å²) in [4.78, 5) is 24.3. The second kappa shape index (κ2) is 8.22. The number of H-pyrrole nitrogens is 1. The number of urea groups is 1. The summed E-state index contributed by atoms with van der Waals surface area (Å²) in [6.45, 7) is 3.59. The molecule has 0 bridgehead atoms. The van der Waals surface area contributed by atoms with E-state index in [1.54, 1.807) is 13.2 Å². The van der Waals surface area contributed by atoms with Gasteiger partial charge in [0, 0.05) is 18.7 Å². The van der Waals surface area contributed by atoms with Gasteiger partial charge in [0.2, 0.25) is 5.88 Å².